The Morgan fingerprint density at radius 3 is 2.65 bits per heavy atom. The predicted octanol–water partition coefficient (Wildman–Crippen LogP) is 3.90. The zero-order chi connectivity index (χ0) is 23.7. The Balaban J connectivity index is 1.58. The molecule has 2 aromatic carbocycles. The van der Waals surface area contributed by atoms with Gasteiger partial charge in [0, 0.05) is 35.5 Å². The van der Waals surface area contributed by atoms with Crippen molar-refractivity contribution in [3.8, 4) is 17.2 Å². The second-order valence-corrected chi connectivity index (χ2v) is 8.65. The van der Waals surface area contributed by atoms with E-state index < -0.39 is 0 Å². The normalized spacial score (nSPS) is 18.2. The second-order valence-electron chi connectivity index (χ2n) is 8.65. The fourth-order valence-electron chi connectivity index (χ4n) is 4.71. The smallest absolute Gasteiger partial charge is 0.226 e. The summed E-state index contributed by atoms with van der Waals surface area (Å²) in [5.74, 6) is 3.81. The Hall–Kier alpha value is -3.59. The summed E-state index contributed by atoms with van der Waals surface area (Å²) in [6.07, 6.45) is 4.10. The van der Waals surface area contributed by atoms with Crippen LogP contribution in [0.1, 0.15) is 43.0 Å². The molecular formula is C25H30N6O3. The number of ether oxygens (including phenoxy) is 3. The van der Waals surface area contributed by atoms with Crippen molar-refractivity contribution in [2.45, 2.75) is 44.2 Å². The van der Waals surface area contributed by atoms with Crippen molar-refractivity contribution in [2.24, 2.45) is 5.73 Å². The second kappa shape index (κ2) is 9.34. The third-order valence-corrected chi connectivity index (χ3v) is 6.51. The van der Waals surface area contributed by atoms with Gasteiger partial charge in [-0.15, -0.1) is 5.10 Å². The van der Waals surface area contributed by atoms with Gasteiger partial charge in [-0.25, -0.2) is 9.97 Å². The molecule has 34 heavy (non-hydrogen) atoms. The number of methoxy groups -OCH3 is 3. The third-order valence-electron chi connectivity index (χ3n) is 6.51. The van der Waals surface area contributed by atoms with Crippen LogP contribution in [0.2, 0.25) is 0 Å². The zero-order valence-electron chi connectivity index (χ0n) is 19.7. The maximum Gasteiger partial charge on any atom is 0.226 e. The van der Waals surface area contributed by atoms with Crippen molar-refractivity contribution in [1.29, 1.82) is 0 Å². The number of benzene rings is 2. The van der Waals surface area contributed by atoms with Gasteiger partial charge in [-0.1, -0.05) is 12.5 Å². The molecule has 2 aromatic heterocycles. The van der Waals surface area contributed by atoms with E-state index in [1.165, 1.54) is 0 Å². The summed E-state index contributed by atoms with van der Waals surface area (Å²) < 4.78 is 18.3. The van der Waals surface area contributed by atoms with Gasteiger partial charge in [0.1, 0.15) is 22.8 Å². The van der Waals surface area contributed by atoms with E-state index in [0.717, 1.165) is 65.1 Å². The first-order valence-electron chi connectivity index (χ1n) is 11.5. The maximum atomic E-state index is 6.25. The first kappa shape index (κ1) is 22.2. The summed E-state index contributed by atoms with van der Waals surface area (Å²) in [5.41, 5.74) is 8.71. The average molecular weight is 463 g/mol. The lowest BCUT2D eigenvalue weighted by Crippen LogP contribution is -2.27. The first-order valence-corrected chi connectivity index (χ1v) is 11.5. The minimum Gasteiger partial charge on any atom is -0.497 e. The van der Waals surface area contributed by atoms with Crippen LogP contribution in [0.3, 0.4) is 0 Å². The number of hydrogen-bond donors (Lipinski definition) is 2. The van der Waals surface area contributed by atoms with Crippen LogP contribution in [-0.4, -0.2) is 47.0 Å². The summed E-state index contributed by atoms with van der Waals surface area (Å²) in [4.78, 5) is 9.85. The van der Waals surface area contributed by atoms with Crippen LogP contribution in [0.4, 0.5) is 5.95 Å². The lowest BCUT2D eigenvalue weighted by Gasteiger charge is -2.24. The quantitative estimate of drug-likeness (QED) is 0.426. The number of nitrogens with one attached hydrogen (secondary N) is 1. The standard InChI is InChI=1S/C25H30N6O3/c1-32-18-11-10-16(21(13-18)34-3)14-27-25-28-22-19(8-5-9-20(22)33-2)24-29-23(30-31(24)25)15-6-4-7-17(26)12-15/h5,8-11,13,15,17H,4,6-7,12,14,26H2,1-3H3,(H,27,28). The van der Waals surface area contributed by atoms with Gasteiger partial charge in [0.2, 0.25) is 5.95 Å². The number of para-hydroxylation sites is 1. The molecule has 1 saturated carbocycles. The molecule has 2 unspecified atom stereocenters. The van der Waals surface area contributed by atoms with E-state index >= 15 is 0 Å². The van der Waals surface area contributed by atoms with E-state index in [9.17, 15) is 0 Å². The molecule has 9 heteroatoms. The highest BCUT2D eigenvalue weighted by atomic mass is 16.5. The van der Waals surface area contributed by atoms with Crippen molar-refractivity contribution in [3.05, 3.63) is 47.8 Å². The molecule has 1 aliphatic carbocycles. The maximum absolute atomic E-state index is 6.25. The Morgan fingerprint density at radius 1 is 1.03 bits per heavy atom. The van der Waals surface area contributed by atoms with E-state index in [1.54, 1.807) is 25.8 Å². The zero-order valence-corrected chi connectivity index (χ0v) is 19.7. The monoisotopic (exact) mass is 462 g/mol. The number of fused-ring (bicyclic) bond motifs is 3. The Labute approximate surface area is 198 Å². The highest BCUT2D eigenvalue weighted by Gasteiger charge is 2.26. The molecule has 4 aromatic rings. The van der Waals surface area contributed by atoms with Crippen molar-refractivity contribution in [1.82, 2.24) is 19.6 Å². The van der Waals surface area contributed by atoms with E-state index in [0.29, 0.717) is 18.2 Å². The Morgan fingerprint density at radius 2 is 1.88 bits per heavy atom. The van der Waals surface area contributed by atoms with Gasteiger partial charge in [0.05, 0.1) is 21.3 Å². The highest BCUT2D eigenvalue weighted by Crippen LogP contribution is 2.34. The summed E-state index contributed by atoms with van der Waals surface area (Å²) >= 11 is 0. The van der Waals surface area contributed by atoms with Gasteiger partial charge < -0.3 is 25.3 Å². The van der Waals surface area contributed by atoms with Crippen LogP contribution < -0.4 is 25.3 Å². The van der Waals surface area contributed by atoms with E-state index in [1.807, 2.05) is 36.4 Å². The molecule has 0 spiro atoms. The number of hydrogen-bond acceptors (Lipinski definition) is 8. The van der Waals surface area contributed by atoms with E-state index in [2.05, 4.69) is 5.32 Å². The lowest BCUT2D eigenvalue weighted by atomic mass is 9.86. The van der Waals surface area contributed by atoms with Gasteiger partial charge >= 0.3 is 0 Å². The molecule has 2 heterocycles. The number of nitrogens with two attached hydrogens (primary N) is 1. The predicted molar refractivity (Wildman–Crippen MR) is 131 cm³/mol. The molecule has 3 N–H and O–H groups in total. The van der Waals surface area contributed by atoms with Crippen molar-refractivity contribution < 1.29 is 14.2 Å². The van der Waals surface area contributed by atoms with Crippen molar-refractivity contribution in [3.63, 3.8) is 0 Å². The molecule has 0 radical (unpaired) electrons. The molecule has 0 amide bonds. The Kier molecular flexibility index (Phi) is 6.10. The fourth-order valence-corrected chi connectivity index (χ4v) is 4.71. The molecule has 0 saturated heterocycles. The SMILES string of the molecule is COc1ccc(CNc2nc3c(OC)cccc3c3nc(C4CCCC(N)C4)nn23)c(OC)c1. The van der Waals surface area contributed by atoms with Gasteiger partial charge in [-0.3, -0.25) is 0 Å². The van der Waals surface area contributed by atoms with Crippen LogP contribution in [0, 0.1) is 0 Å². The molecule has 9 nitrogen and oxygen atoms in total. The largest absolute Gasteiger partial charge is 0.497 e. The molecule has 0 aliphatic heterocycles. The highest BCUT2D eigenvalue weighted by molar-refractivity contribution is 5.96. The van der Waals surface area contributed by atoms with Crippen LogP contribution in [0.25, 0.3) is 16.6 Å². The first-order chi connectivity index (χ1) is 16.6. The lowest BCUT2D eigenvalue weighted by molar-refractivity contribution is 0.382. The van der Waals surface area contributed by atoms with Gasteiger partial charge in [-0.2, -0.15) is 4.52 Å². The van der Waals surface area contributed by atoms with Crippen molar-refractivity contribution in [2.75, 3.05) is 26.6 Å². The molecular weight excluding hydrogens is 432 g/mol. The molecule has 1 fully saturated rings. The minimum absolute atomic E-state index is 0.195. The molecule has 1 aliphatic rings. The van der Waals surface area contributed by atoms with E-state index in [4.69, 9.17) is 35.0 Å². The van der Waals surface area contributed by atoms with Gasteiger partial charge in [0.25, 0.3) is 0 Å². The van der Waals surface area contributed by atoms with Crippen LogP contribution >= 0.6 is 0 Å². The minimum atomic E-state index is 0.195. The summed E-state index contributed by atoms with van der Waals surface area (Å²) in [6, 6.07) is 11.8. The summed E-state index contributed by atoms with van der Waals surface area (Å²) in [7, 11) is 4.93. The number of anilines is 1. The van der Waals surface area contributed by atoms with E-state index in [-0.39, 0.29) is 12.0 Å². The topological polar surface area (TPSA) is 109 Å². The van der Waals surface area contributed by atoms with Crippen LogP contribution in [0.15, 0.2) is 36.4 Å². The van der Waals surface area contributed by atoms with Crippen LogP contribution in [0.5, 0.6) is 17.2 Å². The molecule has 0 bridgehead atoms. The average Bonchev–Trinajstić information content (AvgIpc) is 3.33. The summed E-state index contributed by atoms with van der Waals surface area (Å²) in [6.45, 7) is 0.486. The Bertz CT molecular complexity index is 1320. The molecule has 178 valence electrons. The summed E-state index contributed by atoms with van der Waals surface area (Å²) in [5, 5.41) is 9.22. The molecule has 2 atom stereocenters. The van der Waals surface area contributed by atoms with Gasteiger partial charge in [0.15, 0.2) is 11.5 Å². The number of rotatable bonds is 7. The van der Waals surface area contributed by atoms with Crippen LogP contribution in [-0.2, 0) is 6.54 Å². The third kappa shape index (κ3) is 4.07. The van der Waals surface area contributed by atoms with Gasteiger partial charge in [-0.05, 0) is 43.5 Å². The fraction of sp³-hybridized carbons (Fsp3) is 0.400. The molecule has 5 rings (SSSR count). The van der Waals surface area contributed by atoms with Crippen molar-refractivity contribution >= 4 is 22.5 Å². The number of nitrogens with zero attached hydrogens (tertiary/aromatic N) is 4. The number of aromatic nitrogens is 4.